The molecule has 0 N–H and O–H groups in total. The first-order chi connectivity index (χ1) is 14.6. The summed E-state index contributed by atoms with van der Waals surface area (Å²) in [6.45, 7) is 1.01. The molecule has 0 spiro atoms. The lowest BCUT2D eigenvalue weighted by Crippen LogP contribution is -2.48. The van der Waals surface area contributed by atoms with Crippen LogP contribution in [0.3, 0.4) is 0 Å². The second kappa shape index (κ2) is 9.15. The highest BCUT2D eigenvalue weighted by molar-refractivity contribution is 6.35. The third kappa shape index (κ3) is 5.48. The number of rotatable bonds is 4. The number of anilines is 1. The number of carbonyl (C=O) groups excluding carboxylic acids is 1. The summed E-state index contributed by atoms with van der Waals surface area (Å²) in [6, 6.07) is 7.33. The number of piperazine rings is 1. The molecule has 0 saturated carbocycles. The first kappa shape index (κ1) is 22.9. The lowest BCUT2D eigenvalue weighted by Gasteiger charge is -2.35. The molecule has 2 aromatic carbocycles. The van der Waals surface area contributed by atoms with Gasteiger partial charge in [0.1, 0.15) is 5.69 Å². The number of benzene rings is 2. The third-order valence-corrected chi connectivity index (χ3v) is 5.36. The Morgan fingerprint density at radius 3 is 2.32 bits per heavy atom. The van der Waals surface area contributed by atoms with Crippen molar-refractivity contribution in [2.24, 2.45) is 0 Å². The predicted molar refractivity (Wildman–Crippen MR) is 112 cm³/mol. The number of amides is 1. The van der Waals surface area contributed by atoms with Crippen molar-refractivity contribution in [3.05, 3.63) is 73.8 Å². The predicted octanol–water partition coefficient (Wildman–Crippen LogP) is 5.28. The van der Waals surface area contributed by atoms with Gasteiger partial charge in [-0.05, 0) is 35.9 Å². The van der Waals surface area contributed by atoms with Gasteiger partial charge in [-0.3, -0.25) is 14.9 Å². The molecule has 1 saturated heterocycles. The lowest BCUT2D eigenvalue weighted by atomic mass is 10.1. The fourth-order valence-electron chi connectivity index (χ4n) is 3.18. The van der Waals surface area contributed by atoms with Crippen molar-refractivity contribution < 1.29 is 22.9 Å². The van der Waals surface area contributed by atoms with Crippen molar-refractivity contribution >= 4 is 46.6 Å². The van der Waals surface area contributed by atoms with Crippen LogP contribution in [-0.4, -0.2) is 41.9 Å². The van der Waals surface area contributed by atoms with Gasteiger partial charge in [0.2, 0.25) is 5.91 Å². The average molecular weight is 474 g/mol. The molecular formula is C20H16Cl2F3N3O3. The number of halogens is 5. The molecule has 164 valence electrons. The first-order valence-corrected chi connectivity index (χ1v) is 9.84. The molecule has 0 bridgehead atoms. The molecule has 11 heteroatoms. The van der Waals surface area contributed by atoms with Crippen molar-refractivity contribution in [2.75, 3.05) is 31.1 Å². The van der Waals surface area contributed by atoms with Gasteiger partial charge >= 0.3 is 6.18 Å². The van der Waals surface area contributed by atoms with Crippen molar-refractivity contribution in [3.8, 4) is 0 Å². The molecule has 1 heterocycles. The second-order valence-corrected chi connectivity index (χ2v) is 7.61. The Morgan fingerprint density at radius 2 is 1.74 bits per heavy atom. The smallest absolute Gasteiger partial charge is 0.362 e. The van der Waals surface area contributed by atoms with E-state index in [0.29, 0.717) is 21.7 Å². The van der Waals surface area contributed by atoms with E-state index in [4.69, 9.17) is 23.2 Å². The van der Waals surface area contributed by atoms with Crippen LogP contribution in [0.5, 0.6) is 0 Å². The van der Waals surface area contributed by atoms with Crippen LogP contribution < -0.4 is 4.90 Å². The summed E-state index contributed by atoms with van der Waals surface area (Å²) in [5.74, 6) is -0.271. The van der Waals surface area contributed by atoms with Gasteiger partial charge in [0.15, 0.2) is 0 Å². The van der Waals surface area contributed by atoms with Gasteiger partial charge in [0, 0.05) is 48.4 Å². The number of carbonyl (C=O) groups is 1. The molecule has 0 aliphatic carbocycles. The summed E-state index contributed by atoms with van der Waals surface area (Å²) in [5, 5.41) is 12.2. The molecule has 31 heavy (non-hydrogen) atoms. The molecule has 0 atom stereocenters. The van der Waals surface area contributed by atoms with E-state index in [2.05, 4.69) is 0 Å². The second-order valence-electron chi connectivity index (χ2n) is 6.77. The van der Waals surface area contributed by atoms with E-state index in [1.807, 2.05) is 0 Å². The molecule has 3 rings (SSSR count). The van der Waals surface area contributed by atoms with Crippen molar-refractivity contribution in [1.82, 2.24) is 4.90 Å². The lowest BCUT2D eigenvalue weighted by molar-refractivity contribution is -0.384. The highest BCUT2D eigenvalue weighted by atomic mass is 35.5. The van der Waals surface area contributed by atoms with E-state index in [9.17, 15) is 28.1 Å². The van der Waals surface area contributed by atoms with Crippen molar-refractivity contribution in [3.63, 3.8) is 0 Å². The fraction of sp³-hybridized carbons (Fsp3) is 0.250. The maximum absolute atomic E-state index is 12.9. The Labute approximate surface area is 185 Å². The quantitative estimate of drug-likeness (QED) is 0.344. The Balaban J connectivity index is 1.68. The number of hydrogen-bond acceptors (Lipinski definition) is 4. The average Bonchev–Trinajstić information content (AvgIpc) is 2.72. The highest BCUT2D eigenvalue weighted by Gasteiger charge is 2.34. The van der Waals surface area contributed by atoms with Gasteiger partial charge in [-0.1, -0.05) is 29.3 Å². The minimum Gasteiger partial charge on any atom is -0.362 e. The van der Waals surface area contributed by atoms with E-state index in [0.717, 1.165) is 12.1 Å². The zero-order valence-electron chi connectivity index (χ0n) is 15.9. The molecule has 0 aromatic heterocycles. The highest BCUT2D eigenvalue weighted by Crippen LogP contribution is 2.36. The Hall–Kier alpha value is -2.78. The van der Waals surface area contributed by atoms with E-state index in [1.54, 1.807) is 34.1 Å². The molecule has 1 aliphatic heterocycles. The fourth-order valence-corrected chi connectivity index (χ4v) is 3.66. The van der Waals surface area contributed by atoms with E-state index in [-0.39, 0.29) is 37.8 Å². The molecular weight excluding hydrogens is 458 g/mol. The van der Waals surface area contributed by atoms with Crippen molar-refractivity contribution in [1.29, 1.82) is 0 Å². The van der Waals surface area contributed by atoms with Crippen LogP contribution in [0.2, 0.25) is 10.0 Å². The van der Waals surface area contributed by atoms with Crippen LogP contribution in [0.25, 0.3) is 6.08 Å². The summed E-state index contributed by atoms with van der Waals surface area (Å²) >= 11 is 11.9. The number of nitrogens with zero attached hydrogens (tertiary/aromatic N) is 3. The van der Waals surface area contributed by atoms with Gasteiger partial charge in [0.25, 0.3) is 5.69 Å². The van der Waals surface area contributed by atoms with Gasteiger partial charge in [-0.2, -0.15) is 13.2 Å². The molecule has 1 fully saturated rings. The monoisotopic (exact) mass is 473 g/mol. The maximum Gasteiger partial charge on any atom is 0.416 e. The standard InChI is InChI=1S/C20H16Cl2F3N3O3/c21-15-4-1-13(16(22)12-15)2-6-19(29)27-9-7-26(8-10-27)17-5-3-14(20(23,24)25)11-18(17)28(30)31/h1-6,11-12H,7-10H2/b6-2+. The topological polar surface area (TPSA) is 66.7 Å². The molecule has 0 radical (unpaired) electrons. The zero-order chi connectivity index (χ0) is 22.8. The maximum atomic E-state index is 12.9. The SMILES string of the molecule is O=C(/C=C/c1ccc(Cl)cc1Cl)N1CCN(c2ccc(C(F)(F)F)cc2[N+](=O)[O-])CC1. The Kier molecular flexibility index (Phi) is 6.76. The number of alkyl halides is 3. The number of nitro groups is 1. The number of hydrogen-bond donors (Lipinski definition) is 0. The van der Waals surface area contributed by atoms with Gasteiger partial charge < -0.3 is 9.80 Å². The van der Waals surface area contributed by atoms with E-state index < -0.39 is 22.4 Å². The van der Waals surface area contributed by atoms with Crippen LogP contribution >= 0.6 is 23.2 Å². The molecule has 1 amide bonds. The molecule has 0 unspecified atom stereocenters. The minimum absolute atomic E-state index is 0.0913. The van der Waals surface area contributed by atoms with Crippen molar-refractivity contribution in [2.45, 2.75) is 6.18 Å². The first-order valence-electron chi connectivity index (χ1n) is 9.09. The summed E-state index contributed by atoms with van der Waals surface area (Å²) in [4.78, 5) is 26.1. The van der Waals surface area contributed by atoms with Gasteiger partial charge in [0.05, 0.1) is 10.5 Å². The van der Waals surface area contributed by atoms with Crippen LogP contribution in [0.15, 0.2) is 42.5 Å². The molecule has 6 nitrogen and oxygen atoms in total. The summed E-state index contributed by atoms with van der Waals surface area (Å²) in [7, 11) is 0. The molecule has 2 aromatic rings. The van der Waals surface area contributed by atoms with Gasteiger partial charge in [-0.25, -0.2) is 0 Å². The summed E-state index contributed by atoms with van der Waals surface area (Å²) in [5.41, 5.74) is -0.985. The van der Waals surface area contributed by atoms with Crippen LogP contribution in [-0.2, 0) is 11.0 Å². The van der Waals surface area contributed by atoms with E-state index in [1.165, 1.54) is 6.08 Å². The summed E-state index contributed by atoms with van der Waals surface area (Å²) in [6.07, 6.45) is -1.74. The number of nitro benzene ring substituents is 1. The zero-order valence-corrected chi connectivity index (χ0v) is 17.4. The van der Waals surface area contributed by atoms with Crippen LogP contribution in [0, 0.1) is 10.1 Å². The summed E-state index contributed by atoms with van der Waals surface area (Å²) < 4.78 is 38.7. The minimum atomic E-state index is -4.67. The third-order valence-electron chi connectivity index (χ3n) is 4.80. The van der Waals surface area contributed by atoms with Gasteiger partial charge in [-0.15, -0.1) is 0 Å². The normalized spacial score (nSPS) is 14.9. The molecule has 1 aliphatic rings. The van der Waals surface area contributed by atoms with E-state index >= 15 is 0 Å². The Bertz CT molecular complexity index is 1040. The Morgan fingerprint density at radius 1 is 1.06 bits per heavy atom. The largest absolute Gasteiger partial charge is 0.416 e. The van der Waals surface area contributed by atoms with Crippen LogP contribution in [0.1, 0.15) is 11.1 Å². The van der Waals surface area contributed by atoms with Crippen LogP contribution in [0.4, 0.5) is 24.5 Å².